The quantitative estimate of drug-likeness (QED) is 0.895. The van der Waals surface area contributed by atoms with E-state index in [0.29, 0.717) is 6.04 Å². The average molecular weight is 285 g/mol. The second-order valence-corrected chi connectivity index (χ2v) is 4.98. The number of nitrogens with one attached hydrogen (secondary N) is 1. The summed E-state index contributed by atoms with van der Waals surface area (Å²) in [6, 6.07) is 6.50. The van der Waals surface area contributed by atoms with Crippen LogP contribution in [-0.2, 0) is 0 Å². The standard InChI is InChI=1S/C12H17BrN2O/c1-16-11-5-4-8(7-9(11)13)12(14)10-3-2-6-15-10/h4-5,7,10,12,15H,2-3,6,14H2,1H3. The van der Waals surface area contributed by atoms with E-state index in [1.807, 2.05) is 18.2 Å². The molecule has 1 saturated heterocycles. The highest BCUT2D eigenvalue weighted by molar-refractivity contribution is 9.10. The Hall–Kier alpha value is -0.580. The van der Waals surface area contributed by atoms with Crippen LogP contribution in [0.2, 0.25) is 0 Å². The van der Waals surface area contributed by atoms with Gasteiger partial charge in [0.05, 0.1) is 11.6 Å². The Morgan fingerprint density at radius 2 is 2.38 bits per heavy atom. The summed E-state index contributed by atoms with van der Waals surface area (Å²) in [6.45, 7) is 1.08. The number of rotatable bonds is 3. The number of nitrogens with two attached hydrogens (primary N) is 1. The zero-order valence-electron chi connectivity index (χ0n) is 9.37. The van der Waals surface area contributed by atoms with Gasteiger partial charge in [-0.1, -0.05) is 6.07 Å². The lowest BCUT2D eigenvalue weighted by molar-refractivity contribution is 0.411. The van der Waals surface area contributed by atoms with Crippen molar-refractivity contribution in [2.45, 2.75) is 24.9 Å². The van der Waals surface area contributed by atoms with Crippen LogP contribution in [0.4, 0.5) is 0 Å². The predicted octanol–water partition coefficient (Wildman–Crippen LogP) is 2.21. The molecular weight excluding hydrogens is 268 g/mol. The number of halogens is 1. The van der Waals surface area contributed by atoms with E-state index in [1.54, 1.807) is 7.11 Å². The first-order chi connectivity index (χ1) is 7.72. The molecule has 16 heavy (non-hydrogen) atoms. The van der Waals surface area contributed by atoms with Crippen molar-refractivity contribution in [2.75, 3.05) is 13.7 Å². The Morgan fingerprint density at radius 1 is 1.56 bits per heavy atom. The van der Waals surface area contributed by atoms with Crippen LogP contribution in [0.5, 0.6) is 5.75 Å². The molecule has 1 aromatic carbocycles. The molecule has 2 unspecified atom stereocenters. The fourth-order valence-corrected chi connectivity index (χ4v) is 2.70. The summed E-state index contributed by atoms with van der Waals surface area (Å²) in [5.74, 6) is 0.843. The Balaban J connectivity index is 2.16. The fourth-order valence-electron chi connectivity index (χ4n) is 2.14. The SMILES string of the molecule is COc1ccc(C(N)C2CCCN2)cc1Br. The van der Waals surface area contributed by atoms with E-state index in [-0.39, 0.29) is 6.04 Å². The summed E-state index contributed by atoms with van der Waals surface area (Å²) in [4.78, 5) is 0. The maximum Gasteiger partial charge on any atom is 0.133 e. The van der Waals surface area contributed by atoms with Gasteiger partial charge in [0.15, 0.2) is 0 Å². The average Bonchev–Trinajstić information content (AvgIpc) is 2.81. The van der Waals surface area contributed by atoms with Crippen LogP contribution >= 0.6 is 15.9 Å². The van der Waals surface area contributed by atoms with Crippen molar-refractivity contribution in [2.24, 2.45) is 5.73 Å². The Bertz CT molecular complexity index is 364. The maximum atomic E-state index is 6.24. The first-order valence-corrected chi connectivity index (χ1v) is 6.34. The van der Waals surface area contributed by atoms with Crippen molar-refractivity contribution in [1.29, 1.82) is 0 Å². The highest BCUT2D eigenvalue weighted by Crippen LogP contribution is 2.29. The molecule has 0 radical (unpaired) electrons. The number of ether oxygens (including phenoxy) is 1. The topological polar surface area (TPSA) is 47.3 Å². The Kier molecular flexibility index (Phi) is 3.84. The third-order valence-corrected chi connectivity index (χ3v) is 3.71. The molecule has 1 fully saturated rings. The van der Waals surface area contributed by atoms with Gasteiger partial charge in [0, 0.05) is 12.1 Å². The van der Waals surface area contributed by atoms with Crippen molar-refractivity contribution in [3.8, 4) is 5.75 Å². The summed E-state index contributed by atoms with van der Waals surface area (Å²) < 4.78 is 6.16. The lowest BCUT2D eigenvalue weighted by Gasteiger charge is -2.20. The smallest absolute Gasteiger partial charge is 0.133 e. The van der Waals surface area contributed by atoms with Gasteiger partial charge in [0.25, 0.3) is 0 Å². The molecule has 2 rings (SSSR count). The molecule has 0 spiro atoms. The van der Waals surface area contributed by atoms with Gasteiger partial charge in [-0.2, -0.15) is 0 Å². The van der Waals surface area contributed by atoms with Crippen LogP contribution < -0.4 is 15.8 Å². The summed E-state index contributed by atoms with van der Waals surface area (Å²) in [6.07, 6.45) is 2.38. The molecule has 2 atom stereocenters. The number of benzene rings is 1. The van der Waals surface area contributed by atoms with E-state index in [2.05, 4.69) is 21.2 Å². The molecule has 1 aliphatic rings. The highest BCUT2D eigenvalue weighted by Gasteiger charge is 2.22. The van der Waals surface area contributed by atoms with Crippen molar-refractivity contribution < 1.29 is 4.74 Å². The molecule has 1 heterocycles. The van der Waals surface area contributed by atoms with Gasteiger partial charge < -0.3 is 15.8 Å². The zero-order valence-corrected chi connectivity index (χ0v) is 11.0. The van der Waals surface area contributed by atoms with Crippen LogP contribution in [0.3, 0.4) is 0 Å². The summed E-state index contributed by atoms with van der Waals surface area (Å²) >= 11 is 3.48. The first-order valence-electron chi connectivity index (χ1n) is 5.55. The minimum Gasteiger partial charge on any atom is -0.496 e. The molecule has 0 aliphatic carbocycles. The third kappa shape index (κ3) is 2.39. The Morgan fingerprint density at radius 3 is 2.94 bits per heavy atom. The minimum absolute atomic E-state index is 0.0599. The first kappa shape index (κ1) is 11.9. The zero-order chi connectivity index (χ0) is 11.5. The molecule has 0 saturated carbocycles. The van der Waals surface area contributed by atoms with Gasteiger partial charge in [-0.3, -0.25) is 0 Å². The predicted molar refractivity (Wildman–Crippen MR) is 68.6 cm³/mol. The van der Waals surface area contributed by atoms with Gasteiger partial charge in [-0.05, 0) is 53.0 Å². The van der Waals surface area contributed by atoms with Crippen LogP contribution in [0, 0.1) is 0 Å². The van der Waals surface area contributed by atoms with E-state index in [4.69, 9.17) is 10.5 Å². The number of methoxy groups -OCH3 is 1. The highest BCUT2D eigenvalue weighted by atomic mass is 79.9. The van der Waals surface area contributed by atoms with Crippen molar-refractivity contribution in [1.82, 2.24) is 5.32 Å². The van der Waals surface area contributed by atoms with Crippen LogP contribution in [0.1, 0.15) is 24.4 Å². The van der Waals surface area contributed by atoms with E-state index in [1.165, 1.54) is 6.42 Å². The normalized spacial score (nSPS) is 22.1. The largest absolute Gasteiger partial charge is 0.496 e. The lowest BCUT2D eigenvalue weighted by Crippen LogP contribution is -2.34. The van der Waals surface area contributed by atoms with Gasteiger partial charge in [0.1, 0.15) is 5.75 Å². The van der Waals surface area contributed by atoms with Crippen molar-refractivity contribution >= 4 is 15.9 Å². The fraction of sp³-hybridized carbons (Fsp3) is 0.500. The monoisotopic (exact) mass is 284 g/mol. The second-order valence-electron chi connectivity index (χ2n) is 4.12. The van der Waals surface area contributed by atoms with E-state index in [0.717, 1.165) is 28.8 Å². The minimum atomic E-state index is 0.0599. The summed E-state index contributed by atoms with van der Waals surface area (Å²) in [7, 11) is 1.66. The molecular formula is C12H17BrN2O. The van der Waals surface area contributed by atoms with E-state index < -0.39 is 0 Å². The second kappa shape index (κ2) is 5.17. The van der Waals surface area contributed by atoms with Gasteiger partial charge in [0.2, 0.25) is 0 Å². The molecule has 1 aliphatic heterocycles. The van der Waals surface area contributed by atoms with Crippen LogP contribution in [0.15, 0.2) is 22.7 Å². The molecule has 1 aromatic rings. The summed E-state index contributed by atoms with van der Waals surface area (Å²) in [5.41, 5.74) is 7.38. The third-order valence-electron chi connectivity index (χ3n) is 3.09. The van der Waals surface area contributed by atoms with Gasteiger partial charge in [-0.15, -0.1) is 0 Å². The van der Waals surface area contributed by atoms with Crippen LogP contribution in [0.25, 0.3) is 0 Å². The molecule has 0 bridgehead atoms. The van der Waals surface area contributed by atoms with Crippen molar-refractivity contribution in [3.05, 3.63) is 28.2 Å². The molecule has 88 valence electrons. The van der Waals surface area contributed by atoms with Crippen LogP contribution in [-0.4, -0.2) is 19.7 Å². The number of hydrogen-bond acceptors (Lipinski definition) is 3. The van der Waals surface area contributed by atoms with E-state index >= 15 is 0 Å². The molecule has 0 aromatic heterocycles. The molecule has 3 N–H and O–H groups in total. The number of hydrogen-bond donors (Lipinski definition) is 2. The Labute approximate surface area is 104 Å². The van der Waals surface area contributed by atoms with Gasteiger partial charge >= 0.3 is 0 Å². The summed E-state index contributed by atoms with van der Waals surface area (Å²) in [5, 5.41) is 3.43. The van der Waals surface area contributed by atoms with Crippen molar-refractivity contribution in [3.63, 3.8) is 0 Å². The molecule has 3 nitrogen and oxygen atoms in total. The maximum absolute atomic E-state index is 6.24. The molecule has 4 heteroatoms. The van der Waals surface area contributed by atoms with Gasteiger partial charge in [-0.25, -0.2) is 0 Å². The van der Waals surface area contributed by atoms with E-state index in [9.17, 15) is 0 Å². The molecule has 0 amide bonds. The lowest BCUT2D eigenvalue weighted by atomic mass is 9.99.